The summed E-state index contributed by atoms with van der Waals surface area (Å²) < 4.78 is 83.0. The maximum absolute atomic E-state index is 14.9. The minimum absolute atomic E-state index is 0.146. The Morgan fingerprint density at radius 2 is 1.91 bits per heavy atom. The number of carbonyl (C=O) groups excluding carboxylic acids is 1. The van der Waals surface area contributed by atoms with Crippen molar-refractivity contribution in [1.82, 2.24) is 14.6 Å². The Balaban J connectivity index is 1.98. The predicted octanol–water partition coefficient (Wildman–Crippen LogP) is 2.56. The highest BCUT2D eigenvalue weighted by atomic mass is 32.2. The van der Waals surface area contributed by atoms with Gasteiger partial charge >= 0.3 is 0 Å². The fraction of sp³-hybridized carbons (Fsp3) is 0.500. The highest BCUT2D eigenvalue weighted by Crippen LogP contribution is 2.37. The third kappa shape index (κ3) is 5.70. The molecule has 7 nitrogen and oxygen atoms in total. The summed E-state index contributed by atoms with van der Waals surface area (Å²) in [6.07, 6.45) is -0.275. The molecule has 2 N–H and O–H groups in total. The third-order valence-electron chi connectivity index (χ3n) is 5.17. The van der Waals surface area contributed by atoms with Crippen molar-refractivity contribution in [3.63, 3.8) is 0 Å². The fourth-order valence-electron chi connectivity index (χ4n) is 3.57. The minimum Gasteiger partial charge on any atom is -0.381 e. The van der Waals surface area contributed by atoms with E-state index >= 15 is 0 Å². The molecule has 1 aliphatic heterocycles. The van der Waals surface area contributed by atoms with E-state index in [2.05, 4.69) is 4.98 Å². The van der Waals surface area contributed by atoms with Gasteiger partial charge in [-0.2, -0.15) is 0 Å². The number of amides is 1. The number of aliphatic hydroxyl groups is 1. The molecule has 1 fully saturated rings. The molecule has 0 bridgehead atoms. The van der Waals surface area contributed by atoms with Gasteiger partial charge in [0.25, 0.3) is 11.8 Å². The first-order chi connectivity index (χ1) is 15.1. The van der Waals surface area contributed by atoms with Gasteiger partial charge in [0.15, 0.2) is 0 Å². The van der Waals surface area contributed by atoms with Crippen LogP contribution in [0, 0.1) is 11.6 Å². The second-order valence-electron chi connectivity index (χ2n) is 8.33. The van der Waals surface area contributed by atoms with Crippen molar-refractivity contribution in [2.24, 2.45) is 0 Å². The van der Waals surface area contributed by atoms with E-state index in [1.54, 1.807) is 0 Å². The SMILES string of the molecule is CCS(=O)(=O)N[C@@H]1[C@H](Cc2csc(-c3cc(F)cc(F)c3)n2)N(C(=O)C(C)(C)O)CC1(F)F. The number of alkyl halides is 2. The third-order valence-corrected chi connectivity index (χ3v) is 7.48. The summed E-state index contributed by atoms with van der Waals surface area (Å²) >= 11 is 1.01. The van der Waals surface area contributed by atoms with Gasteiger partial charge < -0.3 is 10.0 Å². The van der Waals surface area contributed by atoms with Crippen molar-refractivity contribution in [2.45, 2.75) is 50.8 Å². The largest absolute Gasteiger partial charge is 0.381 e. The molecule has 1 aliphatic rings. The molecular formula is C20H23F4N3O4S2. The van der Waals surface area contributed by atoms with E-state index in [-0.39, 0.29) is 22.7 Å². The first-order valence-electron chi connectivity index (χ1n) is 9.95. The number of nitrogens with one attached hydrogen (secondary N) is 1. The van der Waals surface area contributed by atoms with Crippen molar-refractivity contribution in [1.29, 1.82) is 0 Å². The Bertz CT molecular complexity index is 1130. The first kappa shape index (κ1) is 25.5. The molecule has 3 rings (SSSR count). The highest BCUT2D eigenvalue weighted by molar-refractivity contribution is 7.89. The van der Waals surface area contributed by atoms with E-state index in [0.717, 1.165) is 42.2 Å². The molecule has 182 valence electrons. The van der Waals surface area contributed by atoms with Crippen LogP contribution in [0.1, 0.15) is 26.5 Å². The van der Waals surface area contributed by atoms with E-state index in [1.807, 2.05) is 4.72 Å². The monoisotopic (exact) mass is 509 g/mol. The Morgan fingerprint density at radius 3 is 2.45 bits per heavy atom. The van der Waals surface area contributed by atoms with Crippen molar-refractivity contribution < 1.29 is 35.9 Å². The van der Waals surface area contributed by atoms with Gasteiger partial charge in [-0.15, -0.1) is 11.3 Å². The lowest BCUT2D eigenvalue weighted by Gasteiger charge is -2.31. The molecule has 1 saturated heterocycles. The summed E-state index contributed by atoms with van der Waals surface area (Å²) in [5.41, 5.74) is -1.61. The van der Waals surface area contributed by atoms with Crippen molar-refractivity contribution in [3.05, 3.63) is 40.9 Å². The molecule has 0 spiro atoms. The first-order valence-corrected chi connectivity index (χ1v) is 12.5. The van der Waals surface area contributed by atoms with Gasteiger partial charge in [0, 0.05) is 23.4 Å². The topological polar surface area (TPSA) is 99.6 Å². The van der Waals surface area contributed by atoms with Crippen LogP contribution in [-0.4, -0.2) is 65.2 Å². The minimum atomic E-state index is -4.06. The van der Waals surface area contributed by atoms with E-state index in [9.17, 15) is 35.9 Å². The van der Waals surface area contributed by atoms with Gasteiger partial charge in [-0.3, -0.25) is 4.79 Å². The molecule has 0 saturated carbocycles. The van der Waals surface area contributed by atoms with Crippen molar-refractivity contribution >= 4 is 27.3 Å². The van der Waals surface area contributed by atoms with Crippen molar-refractivity contribution in [2.75, 3.05) is 12.3 Å². The van der Waals surface area contributed by atoms with Crippen molar-refractivity contribution in [3.8, 4) is 10.6 Å². The number of rotatable bonds is 7. The Hall–Kier alpha value is -2.09. The number of nitrogens with zero attached hydrogens (tertiary/aromatic N) is 2. The van der Waals surface area contributed by atoms with Crippen LogP contribution < -0.4 is 4.72 Å². The van der Waals surface area contributed by atoms with Crippen LogP contribution in [0.5, 0.6) is 0 Å². The van der Waals surface area contributed by atoms with Crippen LogP contribution in [0.2, 0.25) is 0 Å². The second kappa shape index (κ2) is 8.93. The van der Waals surface area contributed by atoms with E-state index < -0.39 is 63.5 Å². The summed E-state index contributed by atoms with van der Waals surface area (Å²) in [4.78, 5) is 17.7. The van der Waals surface area contributed by atoms with Crippen LogP contribution in [0.25, 0.3) is 10.6 Å². The molecule has 0 aliphatic carbocycles. The smallest absolute Gasteiger partial charge is 0.283 e. The number of halogens is 4. The molecule has 1 amide bonds. The molecule has 13 heteroatoms. The standard InChI is InChI=1S/C20H23F4N3O4S2/c1-4-33(30,31)26-16-15(27(10-20(16,23)24)18(28)19(2,3)29)8-14-9-32-17(25-14)11-5-12(21)7-13(22)6-11/h5-7,9,15-16,26,29H,4,8,10H2,1-3H3/t15-,16+/m0/s1. The maximum atomic E-state index is 14.9. The Labute approximate surface area is 192 Å². The molecule has 1 aromatic heterocycles. The molecule has 1 aromatic carbocycles. The number of benzene rings is 1. The van der Waals surface area contributed by atoms with E-state index in [0.29, 0.717) is 6.07 Å². The summed E-state index contributed by atoms with van der Waals surface area (Å²) in [5.74, 6) is -6.68. The van der Waals surface area contributed by atoms with Gasteiger partial charge in [0.1, 0.15) is 28.3 Å². The lowest BCUT2D eigenvalue weighted by Crippen LogP contribution is -2.54. The summed E-state index contributed by atoms with van der Waals surface area (Å²) in [6, 6.07) is -0.483. The number of likely N-dealkylation sites (tertiary alicyclic amines) is 1. The number of thiazole rings is 1. The zero-order valence-electron chi connectivity index (χ0n) is 18.0. The molecule has 2 heterocycles. The second-order valence-corrected chi connectivity index (χ2v) is 11.2. The quantitative estimate of drug-likeness (QED) is 0.559. The summed E-state index contributed by atoms with van der Waals surface area (Å²) in [7, 11) is -4.06. The lowest BCUT2D eigenvalue weighted by molar-refractivity contribution is -0.149. The Morgan fingerprint density at radius 1 is 1.30 bits per heavy atom. The fourth-order valence-corrected chi connectivity index (χ4v) is 5.28. The molecule has 0 unspecified atom stereocenters. The average molecular weight is 510 g/mol. The maximum Gasteiger partial charge on any atom is 0.283 e. The zero-order valence-corrected chi connectivity index (χ0v) is 19.6. The van der Waals surface area contributed by atoms with Gasteiger partial charge in [-0.05, 0) is 32.9 Å². The number of hydrogen-bond acceptors (Lipinski definition) is 6. The zero-order chi connectivity index (χ0) is 24.8. The summed E-state index contributed by atoms with van der Waals surface area (Å²) in [6.45, 7) is 2.49. The van der Waals surface area contributed by atoms with Crippen LogP contribution in [0.3, 0.4) is 0 Å². The Kier molecular flexibility index (Phi) is 6.91. The lowest BCUT2D eigenvalue weighted by atomic mass is 10.0. The van der Waals surface area contributed by atoms with Gasteiger partial charge in [-0.25, -0.2) is 35.7 Å². The predicted molar refractivity (Wildman–Crippen MR) is 114 cm³/mol. The van der Waals surface area contributed by atoms with Crippen LogP contribution >= 0.6 is 11.3 Å². The van der Waals surface area contributed by atoms with Crippen LogP contribution in [-0.2, 0) is 21.2 Å². The average Bonchev–Trinajstić information content (AvgIpc) is 3.24. The van der Waals surface area contributed by atoms with Gasteiger partial charge in [0.05, 0.1) is 24.0 Å². The molecule has 2 atom stereocenters. The molecule has 2 aromatic rings. The highest BCUT2D eigenvalue weighted by Gasteiger charge is 2.58. The normalized spacial score (nSPS) is 20.9. The number of aromatic nitrogens is 1. The number of sulfonamides is 1. The van der Waals surface area contributed by atoms with Gasteiger partial charge in [-0.1, -0.05) is 0 Å². The molecule has 33 heavy (non-hydrogen) atoms. The van der Waals surface area contributed by atoms with Crippen LogP contribution in [0.15, 0.2) is 23.6 Å². The molecular weight excluding hydrogens is 486 g/mol. The van der Waals surface area contributed by atoms with Crippen LogP contribution in [0.4, 0.5) is 17.6 Å². The van der Waals surface area contributed by atoms with E-state index in [1.165, 1.54) is 12.3 Å². The number of carbonyl (C=O) groups is 1. The number of hydrogen-bond donors (Lipinski definition) is 2. The summed E-state index contributed by atoms with van der Waals surface area (Å²) in [5, 5.41) is 11.8. The van der Waals surface area contributed by atoms with Gasteiger partial charge in [0.2, 0.25) is 10.0 Å². The molecule has 0 radical (unpaired) electrons. The van der Waals surface area contributed by atoms with E-state index in [4.69, 9.17) is 0 Å².